The van der Waals surface area contributed by atoms with Crippen molar-refractivity contribution in [2.24, 2.45) is 0 Å². The van der Waals surface area contributed by atoms with E-state index in [1.54, 1.807) is 54.9 Å². The van der Waals surface area contributed by atoms with Crippen LogP contribution in [0.4, 0.5) is 0 Å². The van der Waals surface area contributed by atoms with E-state index in [0.29, 0.717) is 28.5 Å². The molecule has 2 heterocycles. The lowest BCUT2D eigenvalue weighted by Crippen LogP contribution is -2.29. The fourth-order valence-electron chi connectivity index (χ4n) is 4.03. The van der Waals surface area contributed by atoms with Gasteiger partial charge in [-0.1, -0.05) is 35.3 Å². The fourth-order valence-corrected chi connectivity index (χ4v) is 4.34. The molecule has 0 bridgehead atoms. The van der Waals surface area contributed by atoms with Crippen LogP contribution in [0.3, 0.4) is 0 Å². The van der Waals surface area contributed by atoms with Crippen molar-refractivity contribution in [3.8, 4) is 5.75 Å². The molecule has 0 saturated carbocycles. The number of aliphatic hydroxyl groups is 1. The summed E-state index contributed by atoms with van der Waals surface area (Å²) in [6.07, 6.45) is 3.25. The number of amides is 1. The lowest BCUT2D eigenvalue weighted by atomic mass is 9.94. The maximum atomic E-state index is 13.2. The van der Waals surface area contributed by atoms with Crippen LogP contribution < -0.4 is 4.74 Å². The Kier molecular flexibility index (Phi) is 6.91. The number of hydrogen-bond donors (Lipinski definition) is 1. The predicted octanol–water partition coefficient (Wildman–Crippen LogP) is 5.72. The van der Waals surface area contributed by atoms with Crippen LogP contribution in [-0.2, 0) is 16.1 Å². The van der Waals surface area contributed by atoms with Gasteiger partial charge in [0.15, 0.2) is 0 Å². The number of benzene rings is 2. The summed E-state index contributed by atoms with van der Waals surface area (Å²) in [5, 5.41) is 11.9. The average molecular weight is 497 g/mol. The van der Waals surface area contributed by atoms with Gasteiger partial charge in [-0.15, -0.1) is 0 Å². The zero-order valence-corrected chi connectivity index (χ0v) is 20.1. The minimum absolute atomic E-state index is 0.0177. The second-order valence-corrected chi connectivity index (χ2v) is 8.69. The first-order valence-electron chi connectivity index (χ1n) is 10.7. The summed E-state index contributed by atoms with van der Waals surface area (Å²) in [6, 6.07) is 12.7. The number of aryl methyl sites for hydroxylation is 1. The Hall–Kier alpha value is -3.35. The quantitative estimate of drug-likeness (QED) is 0.268. The number of aliphatic hydroxyl groups excluding tert-OH is 1. The third-order valence-corrected chi connectivity index (χ3v) is 6.36. The summed E-state index contributed by atoms with van der Waals surface area (Å²) in [4.78, 5) is 31.8. The minimum atomic E-state index is -0.859. The van der Waals surface area contributed by atoms with Crippen molar-refractivity contribution in [3.05, 3.63) is 98.8 Å². The van der Waals surface area contributed by atoms with Crippen LogP contribution in [0, 0.1) is 6.92 Å². The van der Waals surface area contributed by atoms with Crippen molar-refractivity contribution < 1.29 is 19.4 Å². The molecule has 8 heteroatoms. The van der Waals surface area contributed by atoms with Crippen molar-refractivity contribution in [1.82, 2.24) is 9.88 Å². The lowest BCUT2D eigenvalue weighted by molar-refractivity contribution is -0.140. The fraction of sp³-hybridized carbons (Fsp3) is 0.192. The number of ketones is 1. The van der Waals surface area contributed by atoms with E-state index in [1.807, 2.05) is 19.9 Å². The number of nitrogens with zero attached hydrogens (tertiary/aromatic N) is 2. The van der Waals surface area contributed by atoms with Crippen molar-refractivity contribution in [1.29, 1.82) is 0 Å². The number of carbonyl (C=O) groups is 2. The first-order chi connectivity index (χ1) is 16.3. The predicted molar refractivity (Wildman–Crippen MR) is 131 cm³/mol. The molecule has 6 nitrogen and oxygen atoms in total. The molecule has 1 fully saturated rings. The molecule has 0 aliphatic carbocycles. The van der Waals surface area contributed by atoms with Gasteiger partial charge in [-0.2, -0.15) is 0 Å². The zero-order chi connectivity index (χ0) is 24.4. The van der Waals surface area contributed by atoms with Crippen LogP contribution in [0.25, 0.3) is 5.76 Å². The summed E-state index contributed by atoms with van der Waals surface area (Å²) < 4.78 is 5.57. The minimum Gasteiger partial charge on any atom is -0.507 e. The first-order valence-corrected chi connectivity index (χ1v) is 11.4. The molecule has 1 aromatic heterocycles. The Labute approximate surface area is 207 Å². The third-order valence-electron chi connectivity index (χ3n) is 5.62. The van der Waals surface area contributed by atoms with Crippen molar-refractivity contribution in [2.75, 3.05) is 6.61 Å². The Bertz CT molecular complexity index is 1290. The normalized spacial score (nSPS) is 17.3. The average Bonchev–Trinajstić information content (AvgIpc) is 3.07. The molecule has 1 aliphatic heterocycles. The molecule has 1 amide bonds. The van der Waals surface area contributed by atoms with Crippen molar-refractivity contribution in [2.45, 2.75) is 26.4 Å². The molecular formula is C26H22Cl2N2O4. The molecule has 174 valence electrons. The van der Waals surface area contributed by atoms with Crippen LogP contribution >= 0.6 is 23.2 Å². The monoisotopic (exact) mass is 496 g/mol. The largest absolute Gasteiger partial charge is 0.507 e. The molecule has 4 rings (SSSR count). The van der Waals surface area contributed by atoms with Gasteiger partial charge in [-0.25, -0.2) is 0 Å². The van der Waals surface area contributed by atoms with Crippen LogP contribution in [-0.4, -0.2) is 33.3 Å². The Balaban J connectivity index is 1.86. The van der Waals surface area contributed by atoms with E-state index in [2.05, 4.69) is 4.98 Å². The highest BCUT2D eigenvalue weighted by Gasteiger charge is 2.46. The standard InChI is InChI=1S/C26H22Cl2N2O4/c1-3-34-21-9-7-18(11-15(21)2)24(31)22-23(17-6-8-19(27)20(28)12-17)30(26(33)25(22)32)14-16-5-4-10-29-13-16/h4-13,23,31H,3,14H2,1-2H3/b24-22+/t23-/m0/s1. The van der Waals surface area contributed by atoms with Crippen molar-refractivity contribution >= 4 is 40.7 Å². The summed E-state index contributed by atoms with van der Waals surface area (Å²) in [7, 11) is 0. The number of pyridine rings is 1. The molecule has 1 N–H and O–H groups in total. The summed E-state index contributed by atoms with van der Waals surface area (Å²) >= 11 is 12.4. The molecule has 1 atom stereocenters. The summed E-state index contributed by atoms with van der Waals surface area (Å²) in [6.45, 7) is 4.36. The van der Waals surface area contributed by atoms with Crippen molar-refractivity contribution in [3.63, 3.8) is 0 Å². The zero-order valence-electron chi connectivity index (χ0n) is 18.6. The van der Waals surface area contributed by atoms with Crippen LogP contribution in [0.2, 0.25) is 10.0 Å². The first kappa shape index (κ1) is 23.8. The topological polar surface area (TPSA) is 79.7 Å². The van der Waals surface area contributed by atoms with Crippen LogP contribution in [0.15, 0.2) is 66.5 Å². The van der Waals surface area contributed by atoms with Gasteiger partial charge in [-0.3, -0.25) is 14.6 Å². The lowest BCUT2D eigenvalue weighted by Gasteiger charge is -2.25. The second-order valence-electron chi connectivity index (χ2n) is 7.88. The van der Waals surface area contributed by atoms with Crippen LogP contribution in [0.1, 0.15) is 35.2 Å². The van der Waals surface area contributed by atoms with Gasteiger partial charge in [0, 0.05) is 24.5 Å². The van der Waals surface area contributed by atoms with E-state index in [9.17, 15) is 14.7 Å². The van der Waals surface area contributed by atoms with Gasteiger partial charge >= 0.3 is 0 Å². The highest BCUT2D eigenvalue weighted by atomic mass is 35.5. The van der Waals surface area contributed by atoms with Gasteiger partial charge in [0.25, 0.3) is 11.7 Å². The summed E-state index contributed by atoms with van der Waals surface area (Å²) in [5.74, 6) is -1.08. The molecule has 2 aromatic carbocycles. The van der Waals surface area contributed by atoms with Gasteiger partial charge in [0.1, 0.15) is 11.5 Å². The Morgan fingerprint density at radius 2 is 1.91 bits per heavy atom. The van der Waals surface area contributed by atoms with Crippen LogP contribution in [0.5, 0.6) is 5.75 Å². The smallest absolute Gasteiger partial charge is 0.295 e. The van der Waals surface area contributed by atoms with E-state index in [4.69, 9.17) is 27.9 Å². The third kappa shape index (κ3) is 4.52. The second kappa shape index (κ2) is 9.87. The summed E-state index contributed by atoms with van der Waals surface area (Å²) in [5.41, 5.74) is 2.48. The number of rotatable bonds is 6. The number of likely N-dealkylation sites (tertiary alicyclic amines) is 1. The SMILES string of the molecule is CCOc1ccc(/C(O)=C2\C(=O)C(=O)N(Cc3cccnc3)[C@H]2c2ccc(Cl)c(Cl)c2)cc1C. The van der Waals surface area contributed by atoms with Gasteiger partial charge in [0.2, 0.25) is 0 Å². The number of carbonyl (C=O) groups excluding carboxylic acids is 2. The van der Waals surface area contributed by atoms with Gasteiger partial charge < -0.3 is 14.7 Å². The molecule has 3 aromatic rings. The number of ether oxygens (including phenoxy) is 1. The molecule has 1 saturated heterocycles. The Morgan fingerprint density at radius 3 is 2.56 bits per heavy atom. The van der Waals surface area contributed by atoms with E-state index >= 15 is 0 Å². The number of Topliss-reactive ketones (excluding diaryl/α,β-unsaturated/α-hetero) is 1. The Morgan fingerprint density at radius 1 is 1.12 bits per heavy atom. The van der Waals surface area contributed by atoms with E-state index in [1.165, 1.54) is 4.90 Å². The number of halogens is 2. The van der Waals surface area contributed by atoms with Gasteiger partial charge in [-0.05, 0) is 66.9 Å². The molecule has 1 aliphatic rings. The van der Waals surface area contributed by atoms with E-state index in [-0.39, 0.29) is 22.9 Å². The number of aromatic nitrogens is 1. The maximum Gasteiger partial charge on any atom is 0.295 e. The van der Waals surface area contributed by atoms with E-state index < -0.39 is 17.7 Å². The highest BCUT2D eigenvalue weighted by molar-refractivity contribution is 6.46. The maximum absolute atomic E-state index is 13.2. The molecular weight excluding hydrogens is 475 g/mol. The van der Waals surface area contributed by atoms with E-state index in [0.717, 1.165) is 11.1 Å². The number of hydrogen-bond acceptors (Lipinski definition) is 5. The van der Waals surface area contributed by atoms with Gasteiger partial charge in [0.05, 0.1) is 28.3 Å². The molecule has 0 radical (unpaired) electrons. The molecule has 0 unspecified atom stereocenters. The molecule has 34 heavy (non-hydrogen) atoms. The highest BCUT2D eigenvalue weighted by Crippen LogP contribution is 2.42. The molecule has 0 spiro atoms.